The van der Waals surface area contributed by atoms with Crippen LogP contribution in [-0.2, 0) is 4.79 Å². The first-order chi connectivity index (χ1) is 10.1. The number of halogens is 1. The van der Waals surface area contributed by atoms with E-state index >= 15 is 0 Å². The Morgan fingerprint density at radius 3 is 2.76 bits per heavy atom. The van der Waals surface area contributed by atoms with Gasteiger partial charge in [0.1, 0.15) is 5.82 Å². The van der Waals surface area contributed by atoms with E-state index in [1.165, 1.54) is 23.9 Å². The normalized spacial score (nSPS) is 11.9. The predicted molar refractivity (Wildman–Crippen MR) is 84.8 cm³/mol. The molecule has 1 amide bonds. The second-order valence-electron chi connectivity index (χ2n) is 4.67. The van der Waals surface area contributed by atoms with Crippen LogP contribution in [0.2, 0.25) is 0 Å². The van der Waals surface area contributed by atoms with Gasteiger partial charge in [-0.3, -0.25) is 4.79 Å². The summed E-state index contributed by atoms with van der Waals surface area (Å²) in [5.41, 5.74) is 6.95. The molecule has 110 valence electrons. The van der Waals surface area contributed by atoms with E-state index in [2.05, 4.69) is 5.32 Å². The smallest absolute Gasteiger partial charge is 0.227 e. The lowest BCUT2D eigenvalue weighted by Crippen LogP contribution is -2.13. The molecule has 0 saturated heterocycles. The van der Waals surface area contributed by atoms with Gasteiger partial charge in [-0.2, -0.15) is 0 Å². The third kappa shape index (κ3) is 4.49. The van der Waals surface area contributed by atoms with Crippen LogP contribution < -0.4 is 11.1 Å². The lowest BCUT2D eigenvalue weighted by Gasteiger charge is -2.18. The minimum atomic E-state index is -0.354. The summed E-state index contributed by atoms with van der Waals surface area (Å²) in [5, 5.41) is 3.34. The Morgan fingerprint density at radius 2 is 2.05 bits per heavy atom. The molecule has 3 N–H and O–H groups in total. The molecule has 1 unspecified atom stereocenters. The van der Waals surface area contributed by atoms with Gasteiger partial charge in [-0.05, 0) is 36.8 Å². The number of primary amides is 1. The highest BCUT2D eigenvalue weighted by molar-refractivity contribution is 8.00. The summed E-state index contributed by atoms with van der Waals surface area (Å²) in [5.74, 6) is -0.377. The maximum Gasteiger partial charge on any atom is 0.227 e. The third-order valence-corrected chi connectivity index (χ3v) is 4.07. The summed E-state index contributed by atoms with van der Waals surface area (Å²) in [6.45, 7) is 1.96. The number of rotatable bonds is 6. The minimum absolute atomic E-state index is 0.0453. The molecule has 0 heterocycles. The summed E-state index contributed by atoms with van der Waals surface area (Å²) in [6.07, 6.45) is 0. The van der Waals surface area contributed by atoms with Gasteiger partial charge in [-0.25, -0.2) is 4.39 Å². The van der Waals surface area contributed by atoms with Gasteiger partial charge in [0.25, 0.3) is 0 Å². The molecular weight excluding hydrogens is 287 g/mol. The molecule has 1 atom stereocenters. The molecular formula is C16H17FN2OS. The Hall–Kier alpha value is -2.01. The van der Waals surface area contributed by atoms with Gasteiger partial charge in [0, 0.05) is 16.6 Å². The monoisotopic (exact) mass is 304 g/mol. The van der Waals surface area contributed by atoms with E-state index in [0.717, 1.165) is 16.1 Å². The molecule has 0 bridgehead atoms. The lowest BCUT2D eigenvalue weighted by molar-refractivity contribution is -0.115. The van der Waals surface area contributed by atoms with Gasteiger partial charge in [0.15, 0.2) is 0 Å². The summed E-state index contributed by atoms with van der Waals surface area (Å²) < 4.78 is 13.3. The zero-order valence-electron chi connectivity index (χ0n) is 11.7. The van der Waals surface area contributed by atoms with Crippen molar-refractivity contribution in [3.63, 3.8) is 0 Å². The van der Waals surface area contributed by atoms with Crippen LogP contribution in [0, 0.1) is 5.82 Å². The fourth-order valence-electron chi connectivity index (χ4n) is 1.95. The third-order valence-electron chi connectivity index (χ3n) is 2.98. The molecule has 0 aliphatic heterocycles. The molecule has 0 aromatic heterocycles. The van der Waals surface area contributed by atoms with Crippen molar-refractivity contribution >= 4 is 23.4 Å². The van der Waals surface area contributed by atoms with Crippen LogP contribution in [0.4, 0.5) is 10.1 Å². The van der Waals surface area contributed by atoms with Gasteiger partial charge < -0.3 is 11.1 Å². The molecule has 0 aliphatic carbocycles. The van der Waals surface area contributed by atoms with Crippen molar-refractivity contribution in [3.05, 3.63) is 59.9 Å². The number of nitrogens with one attached hydrogen (secondary N) is 1. The number of anilines is 1. The fraction of sp³-hybridized carbons (Fsp3) is 0.188. The maximum absolute atomic E-state index is 13.3. The zero-order valence-corrected chi connectivity index (χ0v) is 12.5. The molecule has 0 fully saturated rings. The van der Waals surface area contributed by atoms with Crippen LogP contribution in [0.1, 0.15) is 18.5 Å². The van der Waals surface area contributed by atoms with Crippen LogP contribution in [-0.4, -0.2) is 11.7 Å². The first kappa shape index (κ1) is 15.4. The van der Waals surface area contributed by atoms with E-state index in [9.17, 15) is 9.18 Å². The van der Waals surface area contributed by atoms with Gasteiger partial charge in [0.2, 0.25) is 5.91 Å². The second kappa shape index (κ2) is 7.13. The van der Waals surface area contributed by atoms with E-state index in [0.29, 0.717) is 0 Å². The van der Waals surface area contributed by atoms with Crippen LogP contribution in [0.25, 0.3) is 0 Å². The lowest BCUT2D eigenvalue weighted by atomic mass is 10.1. The molecule has 3 nitrogen and oxygen atoms in total. The van der Waals surface area contributed by atoms with Crippen LogP contribution in [0.3, 0.4) is 0 Å². The number of amides is 1. The number of thioether (sulfide) groups is 1. The number of nitrogens with two attached hydrogens (primary N) is 1. The van der Waals surface area contributed by atoms with Crippen molar-refractivity contribution < 1.29 is 9.18 Å². The van der Waals surface area contributed by atoms with Gasteiger partial charge >= 0.3 is 0 Å². The first-order valence-electron chi connectivity index (χ1n) is 6.58. The molecule has 5 heteroatoms. The summed E-state index contributed by atoms with van der Waals surface area (Å²) in [4.78, 5) is 11.8. The minimum Gasteiger partial charge on any atom is -0.378 e. The van der Waals surface area contributed by atoms with E-state index in [-0.39, 0.29) is 23.5 Å². The average molecular weight is 304 g/mol. The first-order valence-corrected chi connectivity index (χ1v) is 7.57. The number of carbonyl (C=O) groups excluding carboxylic acids is 1. The molecule has 2 aromatic carbocycles. The molecule has 0 radical (unpaired) electrons. The zero-order chi connectivity index (χ0) is 15.2. The largest absolute Gasteiger partial charge is 0.378 e. The number of benzene rings is 2. The van der Waals surface area contributed by atoms with Gasteiger partial charge in [-0.1, -0.05) is 24.3 Å². The number of carbonyl (C=O) groups is 1. The molecule has 0 aliphatic rings. The van der Waals surface area contributed by atoms with Crippen LogP contribution in [0.5, 0.6) is 0 Å². The highest BCUT2D eigenvalue weighted by atomic mass is 32.2. The Morgan fingerprint density at radius 1 is 1.29 bits per heavy atom. The standard InChI is InChI=1S/C16H17FN2OS/c1-11(12-5-4-6-13(17)9-12)19-14-7-2-3-8-15(14)21-10-16(18)20/h2-9,11,19H,10H2,1H3,(H2,18,20). The van der Waals surface area contributed by atoms with Crippen molar-refractivity contribution in [1.29, 1.82) is 0 Å². The number of hydrogen-bond acceptors (Lipinski definition) is 3. The second-order valence-corrected chi connectivity index (χ2v) is 5.69. The van der Waals surface area contributed by atoms with E-state index in [4.69, 9.17) is 5.73 Å². The van der Waals surface area contributed by atoms with Crippen molar-refractivity contribution in [1.82, 2.24) is 0 Å². The van der Waals surface area contributed by atoms with E-state index in [1.807, 2.05) is 37.3 Å². The highest BCUT2D eigenvalue weighted by Gasteiger charge is 2.10. The predicted octanol–water partition coefficient (Wildman–Crippen LogP) is 3.58. The summed E-state index contributed by atoms with van der Waals surface area (Å²) in [7, 11) is 0. The van der Waals surface area contributed by atoms with Crippen molar-refractivity contribution in [2.45, 2.75) is 17.9 Å². The molecule has 0 saturated carbocycles. The van der Waals surface area contributed by atoms with Crippen molar-refractivity contribution in [3.8, 4) is 0 Å². The quantitative estimate of drug-likeness (QED) is 0.802. The SMILES string of the molecule is CC(Nc1ccccc1SCC(N)=O)c1cccc(F)c1. The van der Waals surface area contributed by atoms with Gasteiger partial charge in [-0.15, -0.1) is 11.8 Å². The Kier molecular flexibility index (Phi) is 5.22. The highest BCUT2D eigenvalue weighted by Crippen LogP contribution is 2.29. The number of para-hydroxylation sites is 1. The summed E-state index contributed by atoms with van der Waals surface area (Å²) >= 11 is 1.38. The molecule has 2 rings (SSSR count). The van der Waals surface area contributed by atoms with Crippen molar-refractivity contribution in [2.75, 3.05) is 11.1 Å². The Labute approximate surface area is 127 Å². The number of hydrogen-bond donors (Lipinski definition) is 2. The van der Waals surface area contributed by atoms with Gasteiger partial charge in [0.05, 0.1) is 5.75 Å². The van der Waals surface area contributed by atoms with E-state index in [1.54, 1.807) is 6.07 Å². The van der Waals surface area contributed by atoms with Crippen LogP contribution >= 0.6 is 11.8 Å². The molecule has 21 heavy (non-hydrogen) atoms. The topological polar surface area (TPSA) is 55.1 Å². The summed E-state index contributed by atoms with van der Waals surface area (Å²) in [6, 6.07) is 14.1. The van der Waals surface area contributed by atoms with E-state index < -0.39 is 0 Å². The Bertz CT molecular complexity index is 633. The molecule has 0 spiro atoms. The maximum atomic E-state index is 13.3. The van der Waals surface area contributed by atoms with Crippen molar-refractivity contribution in [2.24, 2.45) is 5.73 Å². The van der Waals surface area contributed by atoms with Crippen LogP contribution in [0.15, 0.2) is 53.4 Å². The fourth-order valence-corrected chi connectivity index (χ4v) is 2.71. The average Bonchev–Trinajstić information content (AvgIpc) is 2.46. The Balaban J connectivity index is 2.13. The molecule has 2 aromatic rings.